The molecular weight excluding hydrogens is 302 g/mol. The molecule has 0 bridgehead atoms. The first-order valence-corrected chi connectivity index (χ1v) is 8.15. The number of aromatic amines is 1. The standard InChI is InChI=1S/C15H21N3O3S/c1-12-4-6-13(7-5-12)21-10-11-22-15-17-16-14(19)18(15)8-3-9-20-2/h4-7H,3,8-11H2,1-2H3,(H,16,19). The van der Waals surface area contributed by atoms with Gasteiger partial charge in [-0.05, 0) is 25.5 Å². The Kier molecular flexibility index (Phi) is 6.54. The lowest BCUT2D eigenvalue weighted by Gasteiger charge is -2.07. The van der Waals surface area contributed by atoms with Gasteiger partial charge in [-0.15, -0.1) is 5.10 Å². The zero-order chi connectivity index (χ0) is 15.8. The predicted molar refractivity (Wildman–Crippen MR) is 86.7 cm³/mol. The van der Waals surface area contributed by atoms with Gasteiger partial charge in [0.1, 0.15) is 5.75 Å². The minimum absolute atomic E-state index is 0.182. The molecule has 0 amide bonds. The van der Waals surface area contributed by atoms with E-state index in [4.69, 9.17) is 9.47 Å². The van der Waals surface area contributed by atoms with Gasteiger partial charge in [0.15, 0.2) is 5.16 Å². The first-order valence-electron chi connectivity index (χ1n) is 7.17. The Labute approximate surface area is 133 Å². The summed E-state index contributed by atoms with van der Waals surface area (Å²) in [5.74, 6) is 1.58. The van der Waals surface area contributed by atoms with E-state index in [-0.39, 0.29) is 5.69 Å². The summed E-state index contributed by atoms with van der Waals surface area (Å²) in [5, 5.41) is 7.22. The van der Waals surface area contributed by atoms with Gasteiger partial charge >= 0.3 is 5.69 Å². The Balaban J connectivity index is 1.79. The molecule has 0 unspecified atom stereocenters. The molecule has 120 valence electrons. The third-order valence-electron chi connectivity index (χ3n) is 3.06. The van der Waals surface area contributed by atoms with E-state index in [9.17, 15) is 4.79 Å². The van der Waals surface area contributed by atoms with E-state index in [0.29, 0.717) is 24.9 Å². The molecule has 0 radical (unpaired) electrons. The van der Waals surface area contributed by atoms with Crippen LogP contribution in [0.2, 0.25) is 0 Å². The van der Waals surface area contributed by atoms with Crippen LogP contribution in [0.4, 0.5) is 0 Å². The molecule has 1 N–H and O–H groups in total. The molecule has 1 heterocycles. The lowest BCUT2D eigenvalue weighted by molar-refractivity contribution is 0.189. The van der Waals surface area contributed by atoms with Crippen LogP contribution in [0.1, 0.15) is 12.0 Å². The fourth-order valence-electron chi connectivity index (χ4n) is 1.90. The number of thioether (sulfide) groups is 1. The smallest absolute Gasteiger partial charge is 0.343 e. The van der Waals surface area contributed by atoms with E-state index in [1.165, 1.54) is 17.3 Å². The van der Waals surface area contributed by atoms with Gasteiger partial charge in [0, 0.05) is 26.0 Å². The van der Waals surface area contributed by atoms with Crippen LogP contribution in [0.25, 0.3) is 0 Å². The average Bonchev–Trinajstić information content (AvgIpc) is 2.87. The van der Waals surface area contributed by atoms with Crippen molar-refractivity contribution in [2.45, 2.75) is 25.0 Å². The van der Waals surface area contributed by atoms with Gasteiger partial charge in [-0.25, -0.2) is 9.89 Å². The van der Waals surface area contributed by atoms with Gasteiger partial charge in [-0.3, -0.25) is 4.57 Å². The zero-order valence-electron chi connectivity index (χ0n) is 12.9. The minimum Gasteiger partial charge on any atom is -0.493 e. The molecule has 0 aliphatic rings. The Morgan fingerprint density at radius 2 is 2.05 bits per heavy atom. The second-order valence-electron chi connectivity index (χ2n) is 4.82. The summed E-state index contributed by atoms with van der Waals surface area (Å²) in [7, 11) is 1.65. The highest BCUT2D eigenvalue weighted by Crippen LogP contribution is 2.15. The molecule has 2 rings (SSSR count). The van der Waals surface area contributed by atoms with E-state index < -0.39 is 0 Å². The first-order chi connectivity index (χ1) is 10.7. The summed E-state index contributed by atoms with van der Waals surface area (Å²) >= 11 is 1.50. The topological polar surface area (TPSA) is 69.1 Å². The number of rotatable bonds is 9. The van der Waals surface area contributed by atoms with Gasteiger partial charge < -0.3 is 9.47 Å². The second kappa shape index (κ2) is 8.65. The quantitative estimate of drug-likeness (QED) is 0.565. The number of methoxy groups -OCH3 is 1. The van der Waals surface area contributed by atoms with Crippen LogP contribution >= 0.6 is 11.8 Å². The van der Waals surface area contributed by atoms with Crippen molar-refractivity contribution in [1.29, 1.82) is 0 Å². The van der Waals surface area contributed by atoms with Crippen LogP contribution in [-0.2, 0) is 11.3 Å². The van der Waals surface area contributed by atoms with Gasteiger partial charge in [-0.2, -0.15) is 0 Å². The lowest BCUT2D eigenvalue weighted by Crippen LogP contribution is -2.18. The highest BCUT2D eigenvalue weighted by Gasteiger charge is 2.08. The Morgan fingerprint density at radius 3 is 2.77 bits per heavy atom. The Morgan fingerprint density at radius 1 is 1.27 bits per heavy atom. The molecule has 0 aliphatic heterocycles. The Bertz CT molecular complexity index is 622. The fraction of sp³-hybridized carbons (Fsp3) is 0.467. The normalized spacial score (nSPS) is 10.8. The molecule has 0 spiro atoms. The molecule has 0 aliphatic carbocycles. The minimum atomic E-state index is -0.182. The number of aryl methyl sites for hydroxylation is 1. The fourth-order valence-corrected chi connectivity index (χ4v) is 2.69. The molecule has 0 saturated carbocycles. The maximum Gasteiger partial charge on any atom is 0.343 e. The lowest BCUT2D eigenvalue weighted by atomic mass is 10.2. The van der Waals surface area contributed by atoms with Crippen LogP contribution in [0.15, 0.2) is 34.2 Å². The van der Waals surface area contributed by atoms with E-state index in [2.05, 4.69) is 10.2 Å². The molecule has 0 saturated heterocycles. The largest absolute Gasteiger partial charge is 0.493 e. The monoisotopic (exact) mass is 323 g/mol. The maximum atomic E-state index is 11.7. The van der Waals surface area contributed by atoms with Gasteiger partial charge in [-0.1, -0.05) is 29.5 Å². The van der Waals surface area contributed by atoms with Crippen LogP contribution in [0.3, 0.4) is 0 Å². The van der Waals surface area contributed by atoms with Crippen LogP contribution in [-0.4, -0.2) is 40.8 Å². The molecule has 2 aromatic rings. The number of benzene rings is 1. The summed E-state index contributed by atoms with van der Waals surface area (Å²) in [6, 6.07) is 7.94. The summed E-state index contributed by atoms with van der Waals surface area (Å²) in [4.78, 5) is 11.7. The molecule has 6 nitrogen and oxygen atoms in total. The van der Waals surface area contributed by atoms with E-state index in [1.807, 2.05) is 31.2 Å². The molecule has 1 aromatic heterocycles. The summed E-state index contributed by atoms with van der Waals surface area (Å²) in [5.41, 5.74) is 1.02. The number of hydrogen-bond acceptors (Lipinski definition) is 5. The van der Waals surface area contributed by atoms with Crippen LogP contribution in [0, 0.1) is 6.92 Å². The van der Waals surface area contributed by atoms with Crippen LogP contribution < -0.4 is 10.4 Å². The van der Waals surface area contributed by atoms with Crippen molar-refractivity contribution in [3.63, 3.8) is 0 Å². The summed E-state index contributed by atoms with van der Waals surface area (Å²) < 4.78 is 12.3. The number of nitrogens with zero attached hydrogens (tertiary/aromatic N) is 2. The molecule has 0 atom stereocenters. The summed E-state index contributed by atoms with van der Waals surface area (Å²) in [6.07, 6.45) is 0.781. The van der Waals surface area contributed by atoms with E-state index in [0.717, 1.165) is 17.9 Å². The average molecular weight is 323 g/mol. The van der Waals surface area contributed by atoms with Gasteiger partial charge in [0.2, 0.25) is 0 Å². The van der Waals surface area contributed by atoms with Crippen molar-refractivity contribution in [2.75, 3.05) is 26.1 Å². The third-order valence-corrected chi connectivity index (χ3v) is 4.00. The van der Waals surface area contributed by atoms with Crippen molar-refractivity contribution in [3.05, 3.63) is 40.3 Å². The van der Waals surface area contributed by atoms with Crippen molar-refractivity contribution >= 4 is 11.8 Å². The van der Waals surface area contributed by atoms with Crippen molar-refractivity contribution in [2.24, 2.45) is 0 Å². The number of hydrogen-bond donors (Lipinski definition) is 1. The van der Waals surface area contributed by atoms with Crippen molar-refractivity contribution in [3.8, 4) is 5.75 Å². The molecule has 0 fully saturated rings. The molecule has 7 heteroatoms. The highest BCUT2D eigenvalue weighted by molar-refractivity contribution is 7.99. The number of aromatic nitrogens is 3. The van der Waals surface area contributed by atoms with Crippen molar-refractivity contribution in [1.82, 2.24) is 14.8 Å². The molecule has 1 aromatic carbocycles. The predicted octanol–water partition coefficient (Wildman–Crippen LogP) is 2.09. The van der Waals surface area contributed by atoms with Crippen molar-refractivity contribution < 1.29 is 9.47 Å². The third kappa shape index (κ3) is 4.92. The number of nitrogens with one attached hydrogen (secondary N) is 1. The van der Waals surface area contributed by atoms with E-state index >= 15 is 0 Å². The number of ether oxygens (including phenoxy) is 2. The first kappa shape index (κ1) is 16.6. The van der Waals surface area contributed by atoms with Gasteiger partial charge in [0.05, 0.1) is 6.61 Å². The van der Waals surface area contributed by atoms with E-state index in [1.54, 1.807) is 11.7 Å². The van der Waals surface area contributed by atoms with Gasteiger partial charge in [0.25, 0.3) is 0 Å². The summed E-state index contributed by atoms with van der Waals surface area (Å²) in [6.45, 7) is 3.83. The highest BCUT2D eigenvalue weighted by atomic mass is 32.2. The SMILES string of the molecule is COCCCn1c(SCCOc2ccc(C)cc2)n[nH]c1=O. The number of H-pyrrole nitrogens is 1. The zero-order valence-corrected chi connectivity index (χ0v) is 13.7. The Hall–Kier alpha value is -1.73. The molecule has 22 heavy (non-hydrogen) atoms. The molecular formula is C15H21N3O3S. The maximum absolute atomic E-state index is 11.7. The van der Waals surface area contributed by atoms with Crippen LogP contribution in [0.5, 0.6) is 5.75 Å². The second-order valence-corrected chi connectivity index (χ2v) is 5.88.